The second-order valence-corrected chi connectivity index (χ2v) is 9.80. The van der Waals surface area contributed by atoms with Gasteiger partial charge in [0, 0.05) is 31.6 Å². The molecule has 3 atom stereocenters. The van der Waals surface area contributed by atoms with Gasteiger partial charge in [0.1, 0.15) is 5.82 Å². The number of nitrogens with zero attached hydrogens (tertiary/aromatic N) is 2. The molecule has 1 unspecified atom stereocenters. The molecule has 2 aromatic rings. The van der Waals surface area contributed by atoms with Gasteiger partial charge in [-0.15, -0.1) is 0 Å². The van der Waals surface area contributed by atoms with E-state index in [2.05, 4.69) is 5.32 Å². The van der Waals surface area contributed by atoms with Crippen LogP contribution in [0.1, 0.15) is 37.4 Å². The predicted octanol–water partition coefficient (Wildman–Crippen LogP) is 2.36. The molecule has 0 bridgehead atoms. The Hall–Kier alpha value is -2.89. The molecule has 3 heterocycles. The molecule has 35 heavy (non-hydrogen) atoms. The number of ether oxygens (including phenoxy) is 1. The number of aliphatic carboxylic acids is 1. The van der Waals surface area contributed by atoms with Gasteiger partial charge in [-0.3, -0.25) is 4.79 Å². The van der Waals surface area contributed by atoms with E-state index < -0.39 is 41.6 Å². The van der Waals surface area contributed by atoms with Crippen LogP contribution < -0.4 is 20.4 Å². The lowest BCUT2D eigenvalue weighted by Crippen LogP contribution is -2.40. The Labute approximate surface area is 203 Å². The van der Waals surface area contributed by atoms with Crippen molar-refractivity contribution in [2.45, 2.75) is 50.3 Å². The van der Waals surface area contributed by atoms with E-state index in [0.717, 1.165) is 25.5 Å². The van der Waals surface area contributed by atoms with Crippen LogP contribution in [0.5, 0.6) is 5.75 Å². The summed E-state index contributed by atoms with van der Waals surface area (Å²) in [5.41, 5.74) is -0.695. The first-order chi connectivity index (χ1) is 16.7. The van der Waals surface area contributed by atoms with Crippen LogP contribution in [0.15, 0.2) is 10.9 Å². The molecule has 1 aliphatic carbocycles. The maximum Gasteiger partial charge on any atom is 0.511 e. The number of aromatic nitrogens is 1. The van der Waals surface area contributed by atoms with Gasteiger partial charge in [-0.2, -0.15) is 0 Å². The summed E-state index contributed by atoms with van der Waals surface area (Å²) in [7, 11) is 0. The highest BCUT2D eigenvalue weighted by Crippen LogP contribution is 2.45. The van der Waals surface area contributed by atoms with Crippen LogP contribution in [0.25, 0.3) is 10.9 Å². The van der Waals surface area contributed by atoms with Gasteiger partial charge in [0.15, 0.2) is 6.10 Å². The maximum absolute atomic E-state index is 15.5. The van der Waals surface area contributed by atoms with Crippen LogP contribution in [0, 0.1) is 11.7 Å². The number of rotatable bonds is 6. The number of halogens is 2. The van der Waals surface area contributed by atoms with Crippen molar-refractivity contribution in [1.82, 2.24) is 9.88 Å². The molecule has 0 radical (unpaired) electrons. The smallest absolute Gasteiger partial charge is 0.479 e. The quantitative estimate of drug-likeness (QED) is 0.432. The van der Waals surface area contributed by atoms with Gasteiger partial charge in [0.05, 0.1) is 27.3 Å². The van der Waals surface area contributed by atoms with Crippen LogP contribution in [0.3, 0.4) is 0 Å². The average molecular weight is 510 g/mol. The fourth-order valence-corrected chi connectivity index (χ4v) is 5.82. The van der Waals surface area contributed by atoms with E-state index in [-0.39, 0.29) is 39.4 Å². The molecule has 188 valence electrons. The van der Waals surface area contributed by atoms with E-state index in [0.29, 0.717) is 31.8 Å². The van der Waals surface area contributed by atoms with Crippen LogP contribution in [-0.4, -0.2) is 63.8 Å². The lowest BCUT2D eigenvalue weighted by atomic mass is 9.94. The second-order valence-electron chi connectivity index (χ2n) is 9.42. The molecule has 5 rings (SSSR count). The highest BCUT2D eigenvalue weighted by Gasteiger charge is 2.38. The van der Waals surface area contributed by atoms with E-state index in [4.69, 9.17) is 16.3 Å². The van der Waals surface area contributed by atoms with Crippen LogP contribution in [-0.2, 0) is 11.2 Å². The number of benzene rings is 1. The first kappa shape index (κ1) is 23.8. The fraction of sp³-hybridized carbons (Fsp3) is 0.522. The number of nitrogens with one attached hydrogen (secondary N) is 1. The number of anilines is 1. The van der Waals surface area contributed by atoms with Crippen molar-refractivity contribution >= 4 is 40.3 Å². The van der Waals surface area contributed by atoms with Gasteiger partial charge in [-0.25, -0.2) is 14.0 Å². The van der Waals surface area contributed by atoms with Gasteiger partial charge >= 0.3 is 12.1 Å². The second kappa shape index (κ2) is 8.96. The fourth-order valence-electron chi connectivity index (χ4n) is 5.41. The number of hydrogen-bond donors (Lipinski definition) is 4. The summed E-state index contributed by atoms with van der Waals surface area (Å²) in [5, 5.41) is 31.8. The molecule has 3 fully saturated rings. The zero-order valence-electron chi connectivity index (χ0n) is 18.7. The lowest BCUT2D eigenvalue weighted by Gasteiger charge is -2.25. The number of aliphatic hydroxyl groups excluding tert-OH is 1. The number of fused-ring (bicyclic) bond motifs is 2. The van der Waals surface area contributed by atoms with Gasteiger partial charge in [-0.05, 0) is 44.2 Å². The monoisotopic (exact) mass is 509 g/mol. The Morgan fingerprint density at radius 3 is 2.63 bits per heavy atom. The molecule has 2 aliphatic heterocycles. The molecular weight excluding hydrogens is 485 g/mol. The van der Waals surface area contributed by atoms with Crippen molar-refractivity contribution in [1.29, 1.82) is 0 Å². The summed E-state index contributed by atoms with van der Waals surface area (Å²) < 4.78 is 21.8. The third kappa shape index (κ3) is 4.21. The topological polar surface area (TPSA) is 141 Å². The molecule has 0 spiro atoms. The normalized spacial score (nSPS) is 22.8. The number of carboxylic acids is 1. The maximum atomic E-state index is 15.5. The third-order valence-corrected chi connectivity index (χ3v) is 7.46. The Morgan fingerprint density at radius 1 is 1.26 bits per heavy atom. The third-order valence-electron chi connectivity index (χ3n) is 7.10. The summed E-state index contributed by atoms with van der Waals surface area (Å²) in [6.07, 6.45) is -0.930. The minimum atomic E-state index is -1.92. The molecule has 1 saturated carbocycles. The molecule has 0 amide bonds. The summed E-state index contributed by atoms with van der Waals surface area (Å²) in [6.45, 7) is 2.04. The molecule has 2 saturated heterocycles. The summed E-state index contributed by atoms with van der Waals surface area (Å²) in [5.74, 6) is -2.57. The van der Waals surface area contributed by atoms with Crippen molar-refractivity contribution in [2.75, 3.05) is 24.5 Å². The zero-order valence-corrected chi connectivity index (χ0v) is 19.4. The zero-order chi connectivity index (χ0) is 25.0. The largest absolute Gasteiger partial charge is 0.511 e. The minimum Gasteiger partial charge on any atom is -0.479 e. The first-order valence-corrected chi connectivity index (χ1v) is 11.9. The van der Waals surface area contributed by atoms with Crippen LogP contribution >= 0.6 is 11.6 Å². The summed E-state index contributed by atoms with van der Waals surface area (Å²) in [4.78, 5) is 37.9. The van der Waals surface area contributed by atoms with E-state index in [1.54, 1.807) is 4.57 Å². The molecule has 4 N–H and O–H groups in total. The molecular formula is C23H25ClFN3O7. The Bertz CT molecular complexity index is 1260. The molecule has 1 aromatic carbocycles. The standard InChI is InChI=1S/C23H25ClFN3O7/c24-17-18-12(6-13(25)19(17)27-8-10-2-1-5-26-14(10)9-27)20(30)21(35-23(33)34)15(7-16(29)22(31)32)28(18)11-3-4-11/h6,10-11,14,16,26,29H,1-5,7-9H2,(H,31,32)(H,33,34)/t10-,14+,16?/m0/s1. The number of pyridine rings is 1. The molecule has 1 aromatic heterocycles. The van der Waals surface area contributed by atoms with E-state index in [1.165, 1.54) is 0 Å². The summed E-state index contributed by atoms with van der Waals surface area (Å²) in [6, 6.07) is 1.01. The van der Waals surface area contributed by atoms with Crippen molar-refractivity contribution in [3.63, 3.8) is 0 Å². The Kier molecular flexibility index (Phi) is 6.10. The van der Waals surface area contributed by atoms with Gasteiger partial charge in [-0.1, -0.05) is 11.6 Å². The number of carboxylic acid groups (broad SMARTS) is 2. The van der Waals surface area contributed by atoms with Crippen LogP contribution in [0.2, 0.25) is 5.02 Å². The van der Waals surface area contributed by atoms with Gasteiger partial charge in [0.25, 0.3) is 0 Å². The van der Waals surface area contributed by atoms with Gasteiger partial charge in [0.2, 0.25) is 11.2 Å². The Morgan fingerprint density at radius 2 is 2.00 bits per heavy atom. The number of piperidine rings is 1. The van der Waals surface area contributed by atoms with Crippen molar-refractivity contribution in [3.05, 3.63) is 32.8 Å². The average Bonchev–Trinajstić information content (AvgIpc) is 3.54. The SMILES string of the molecule is O=C(O)Oc1c(CC(O)C(=O)O)n(C2CC2)c2c(Cl)c(N3C[C@@H]4CCCN[C@@H]4C3)c(F)cc2c1=O. The van der Waals surface area contributed by atoms with E-state index >= 15 is 4.39 Å². The van der Waals surface area contributed by atoms with Crippen molar-refractivity contribution < 1.29 is 34.0 Å². The highest BCUT2D eigenvalue weighted by molar-refractivity contribution is 6.38. The summed E-state index contributed by atoms with van der Waals surface area (Å²) >= 11 is 6.80. The minimum absolute atomic E-state index is 0.00409. The van der Waals surface area contributed by atoms with Crippen molar-refractivity contribution in [3.8, 4) is 5.75 Å². The van der Waals surface area contributed by atoms with Gasteiger partial charge < -0.3 is 34.8 Å². The Balaban J connectivity index is 1.74. The predicted molar refractivity (Wildman–Crippen MR) is 124 cm³/mol. The first-order valence-electron chi connectivity index (χ1n) is 11.6. The number of carbonyl (C=O) groups is 2. The van der Waals surface area contributed by atoms with Crippen molar-refractivity contribution in [2.24, 2.45) is 5.92 Å². The molecule has 3 aliphatic rings. The molecule has 12 heteroatoms. The number of hydrogen-bond acceptors (Lipinski definition) is 7. The van der Waals surface area contributed by atoms with E-state index in [9.17, 15) is 29.7 Å². The molecule has 10 nitrogen and oxygen atoms in total. The highest BCUT2D eigenvalue weighted by atomic mass is 35.5. The number of aliphatic hydroxyl groups is 1. The van der Waals surface area contributed by atoms with Crippen LogP contribution in [0.4, 0.5) is 14.9 Å². The lowest BCUT2D eigenvalue weighted by molar-refractivity contribution is -0.146. The van der Waals surface area contributed by atoms with E-state index in [1.807, 2.05) is 4.90 Å².